The number of carbonyl (C=O) groups excluding carboxylic acids is 1. The molecule has 2 atom stereocenters. The van der Waals surface area contributed by atoms with Crippen molar-refractivity contribution in [2.75, 3.05) is 13.4 Å². The van der Waals surface area contributed by atoms with Crippen molar-refractivity contribution in [2.45, 2.75) is 30.9 Å². The average Bonchev–Trinajstić information content (AvgIpc) is 2.45. The molecular formula is C15H19ClO4S. The molecule has 1 aromatic carbocycles. The zero-order valence-corrected chi connectivity index (χ0v) is 13.7. The zero-order chi connectivity index (χ0) is 15.6. The molecule has 116 valence electrons. The highest BCUT2D eigenvalue weighted by atomic mass is 35.5. The summed E-state index contributed by atoms with van der Waals surface area (Å²) in [4.78, 5) is 12.7. The number of methoxy groups -OCH3 is 1. The van der Waals surface area contributed by atoms with E-state index in [9.17, 15) is 13.2 Å². The van der Waals surface area contributed by atoms with Gasteiger partial charge in [0.25, 0.3) is 0 Å². The van der Waals surface area contributed by atoms with Gasteiger partial charge < -0.3 is 4.74 Å². The molecule has 0 spiro atoms. The molecule has 6 heteroatoms. The number of ether oxygens (including phenoxy) is 1. The molecule has 0 N–H and O–H groups in total. The van der Waals surface area contributed by atoms with Crippen molar-refractivity contribution in [3.63, 3.8) is 0 Å². The lowest BCUT2D eigenvalue weighted by Crippen LogP contribution is -2.31. The van der Waals surface area contributed by atoms with Crippen LogP contribution in [-0.2, 0) is 9.84 Å². The molecule has 1 aromatic rings. The van der Waals surface area contributed by atoms with E-state index in [2.05, 4.69) is 0 Å². The normalized spacial score (nSPS) is 22.8. The first-order chi connectivity index (χ1) is 9.82. The Morgan fingerprint density at radius 1 is 1.33 bits per heavy atom. The van der Waals surface area contributed by atoms with E-state index in [1.165, 1.54) is 13.4 Å². The molecule has 2 unspecified atom stereocenters. The molecule has 0 saturated heterocycles. The second kappa shape index (κ2) is 6.36. The van der Waals surface area contributed by atoms with E-state index in [-0.39, 0.29) is 11.7 Å². The third-order valence-corrected chi connectivity index (χ3v) is 5.90. The van der Waals surface area contributed by atoms with Crippen LogP contribution >= 0.6 is 11.6 Å². The first kappa shape index (κ1) is 16.3. The molecule has 0 amide bonds. The summed E-state index contributed by atoms with van der Waals surface area (Å²) in [6.07, 6.45) is 3.71. The SMILES string of the molecule is COc1ccc(Cl)cc1C(=O)C1CCCC(S(C)(=O)=O)C1. The minimum absolute atomic E-state index is 0.0808. The van der Waals surface area contributed by atoms with Gasteiger partial charge in [-0.25, -0.2) is 8.42 Å². The first-order valence-electron chi connectivity index (χ1n) is 6.89. The van der Waals surface area contributed by atoms with Gasteiger partial charge in [0.05, 0.1) is 17.9 Å². The fourth-order valence-corrected chi connectivity index (χ4v) is 4.21. The Morgan fingerprint density at radius 3 is 2.67 bits per heavy atom. The van der Waals surface area contributed by atoms with Crippen molar-refractivity contribution in [3.8, 4) is 5.75 Å². The molecule has 1 aliphatic carbocycles. The molecule has 4 nitrogen and oxygen atoms in total. The van der Waals surface area contributed by atoms with Crippen LogP contribution in [0.15, 0.2) is 18.2 Å². The molecule has 21 heavy (non-hydrogen) atoms. The maximum absolute atomic E-state index is 12.7. The lowest BCUT2D eigenvalue weighted by Gasteiger charge is -2.27. The lowest BCUT2D eigenvalue weighted by atomic mass is 9.83. The summed E-state index contributed by atoms with van der Waals surface area (Å²) < 4.78 is 28.6. The Morgan fingerprint density at radius 2 is 2.05 bits per heavy atom. The molecule has 2 rings (SSSR count). The van der Waals surface area contributed by atoms with Gasteiger partial charge in [0.1, 0.15) is 15.6 Å². The predicted molar refractivity (Wildman–Crippen MR) is 82.9 cm³/mol. The summed E-state index contributed by atoms with van der Waals surface area (Å²) in [5.74, 6) is 0.111. The highest BCUT2D eigenvalue weighted by molar-refractivity contribution is 7.91. The highest BCUT2D eigenvalue weighted by Gasteiger charge is 2.33. The Bertz CT molecular complexity index is 639. The van der Waals surface area contributed by atoms with Crippen molar-refractivity contribution in [1.29, 1.82) is 0 Å². The Hall–Kier alpha value is -1.07. The fourth-order valence-electron chi connectivity index (χ4n) is 2.86. The quantitative estimate of drug-likeness (QED) is 0.796. The summed E-state index contributed by atoms with van der Waals surface area (Å²) in [7, 11) is -1.61. The first-order valence-corrected chi connectivity index (χ1v) is 9.22. The van der Waals surface area contributed by atoms with E-state index < -0.39 is 15.1 Å². The number of rotatable bonds is 4. The molecular weight excluding hydrogens is 312 g/mol. The molecule has 0 radical (unpaired) electrons. The maximum atomic E-state index is 12.7. The lowest BCUT2D eigenvalue weighted by molar-refractivity contribution is 0.0888. The van der Waals surface area contributed by atoms with Gasteiger partial charge in [-0.3, -0.25) is 4.79 Å². The van der Waals surface area contributed by atoms with E-state index >= 15 is 0 Å². The van der Waals surface area contributed by atoms with Gasteiger partial charge >= 0.3 is 0 Å². The third kappa shape index (κ3) is 3.77. The predicted octanol–water partition coefficient (Wildman–Crippen LogP) is 3.13. The van der Waals surface area contributed by atoms with Crippen LogP contribution in [0.25, 0.3) is 0 Å². The maximum Gasteiger partial charge on any atom is 0.169 e. The molecule has 0 heterocycles. The van der Waals surface area contributed by atoms with Crippen molar-refractivity contribution in [2.24, 2.45) is 5.92 Å². The monoisotopic (exact) mass is 330 g/mol. The van der Waals surface area contributed by atoms with E-state index in [4.69, 9.17) is 16.3 Å². The van der Waals surface area contributed by atoms with Crippen molar-refractivity contribution < 1.29 is 17.9 Å². The van der Waals surface area contributed by atoms with Crippen LogP contribution in [0.3, 0.4) is 0 Å². The Balaban J connectivity index is 2.26. The van der Waals surface area contributed by atoms with Crippen LogP contribution in [0.2, 0.25) is 5.02 Å². The van der Waals surface area contributed by atoms with E-state index in [0.29, 0.717) is 35.6 Å². The minimum Gasteiger partial charge on any atom is -0.496 e. The van der Waals surface area contributed by atoms with E-state index in [1.54, 1.807) is 18.2 Å². The van der Waals surface area contributed by atoms with Gasteiger partial charge in [-0.1, -0.05) is 18.0 Å². The third-order valence-electron chi connectivity index (χ3n) is 4.03. The second-order valence-corrected chi connectivity index (χ2v) is 8.29. The minimum atomic E-state index is -3.11. The molecule has 0 aromatic heterocycles. The van der Waals surface area contributed by atoms with Crippen molar-refractivity contribution in [3.05, 3.63) is 28.8 Å². The fraction of sp³-hybridized carbons (Fsp3) is 0.533. The van der Waals surface area contributed by atoms with Gasteiger partial charge in [-0.15, -0.1) is 0 Å². The van der Waals surface area contributed by atoms with Crippen LogP contribution < -0.4 is 4.74 Å². The van der Waals surface area contributed by atoms with Crippen LogP contribution in [-0.4, -0.2) is 32.8 Å². The Kier molecular flexibility index (Phi) is 4.94. The molecule has 1 aliphatic rings. The van der Waals surface area contributed by atoms with Gasteiger partial charge in [0.2, 0.25) is 0 Å². The molecule has 1 fully saturated rings. The standard InChI is InChI=1S/C15H19ClO4S/c1-20-14-7-6-11(16)9-13(14)15(17)10-4-3-5-12(8-10)21(2,18)19/h6-7,9-10,12H,3-5,8H2,1-2H3. The largest absolute Gasteiger partial charge is 0.496 e. The van der Waals surface area contributed by atoms with Gasteiger partial charge in [-0.05, 0) is 37.5 Å². The van der Waals surface area contributed by atoms with E-state index in [0.717, 1.165) is 6.42 Å². The van der Waals surface area contributed by atoms with Gasteiger partial charge in [0, 0.05) is 17.2 Å². The number of ketones is 1. The van der Waals surface area contributed by atoms with Gasteiger partial charge in [-0.2, -0.15) is 0 Å². The summed E-state index contributed by atoms with van der Waals surface area (Å²) in [5, 5.41) is 0.0417. The number of carbonyl (C=O) groups is 1. The zero-order valence-electron chi connectivity index (χ0n) is 12.1. The van der Waals surface area contributed by atoms with Crippen LogP contribution in [0.4, 0.5) is 0 Å². The summed E-state index contributed by atoms with van der Waals surface area (Å²) >= 11 is 5.95. The molecule has 0 aliphatic heterocycles. The van der Waals surface area contributed by atoms with Crippen molar-refractivity contribution in [1.82, 2.24) is 0 Å². The second-order valence-electron chi connectivity index (χ2n) is 5.52. The van der Waals surface area contributed by atoms with E-state index in [1.807, 2.05) is 0 Å². The number of halogens is 1. The van der Waals surface area contributed by atoms with Gasteiger partial charge in [0.15, 0.2) is 5.78 Å². The van der Waals surface area contributed by atoms with Crippen LogP contribution in [0, 0.1) is 5.92 Å². The average molecular weight is 331 g/mol. The smallest absolute Gasteiger partial charge is 0.169 e. The number of benzene rings is 1. The summed E-state index contributed by atoms with van der Waals surface area (Å²) in [5.41, 5.74) is 0.434. The number of sulfone groups is 1. The topological polar surface area (TPSA) is 60.4 Å². The number of hydrogen-bond acceptors (Lipinski definition) is 4. The Labute approximate surface area is 130 Å². The number of hydrogen-bond donors (Lipinski definition) is 0. The summed E-state index contributed by atoms with van der Waals surface area (Å²) in [6.45, 7) is 0. The molecule has 0 bridgehead atoms. The van der Waals surface area contributed by atoms with Crippen LogP contribution in [0.1, 0.15) is 36.0 Å². The highest BCUT2D eigenvalue weighted by Crippen LogP contribution is 2.33. The molecule has 1 saturated carbocycles. The van der Waals surface area contributed by atoms with Crippen LogP contribution in [0.5, 0.6) is 5.75 Å². The van der Waals surface area contributed by atoms with Crippen molar-refractivity contribution >= 4 is 27.2 Å². The number of Topliss-reactive ketones (excluding diaryl/α,β-unsaturated/α-hetero) is 1. The summed E-state index contributed by atoms with van der Waals surface area (Å²) in [6, 6.07) is 4.91.